The molecule has 1 fully saturated rings. The maximum atomic E-state index is 12.8. The van der Waals surface area contributed by atoms with Gasteiger partial charge in [0.05, 0.1) is 12.2 Å². The molecular weight excluding hydrogens is 446 g/mol. The number of aliphatic carboxylic acids is 1. The highest BCUT2D eigenvalue weighted by molar-refractivity contribution is 5.96. The summed E-state index contributed by atoms with van der Waals surface area (Å²) in [4.78, 5) is 42.0. The van der Waals surface area contributed by atoms with Crippen molar-refractivity contribution < 1.29 is 24.2 Å². The number of hydrogen-bond donors (Lipinski definition) is 2. The summed E-state index contributed by atoms with van der Waals surface area (Å²) in [5, 5.41) is 11.8. The Morgan fingerprint density at radius 3 is 2.29 bits per heavy atom. The third-order valence-electron chi connectivity index (χ3n) is 6.38. The lowest BCUT2D eigenvalue weighted by Crippen LogP contribution is -2.37. The van der Waals surface area contributed by atoms with Gasteiger partial charge in [-0.2, -0.15) is 0 Å². The van der Waals surface area contributed by atoms with E-state index in [0.717, 1.165) is 35.1 Å². The van der Waals surface area contributed by atoms with Gasteiger partial charge in [-0.1, -0.05) is 48.5 Å². The fraction of sp³-hybridized carbons (Fsp3) is 0.259. The van der Waals surface area contributed by atoms with Gasteiger partial charge >= 0.3 is 12.1 Å². The van der Waals surface area contributed by atoms with Gasteiger partial charge in [-0.15, -0.1) is 0 Å². The normalized spacial score (nSPS) is 14.1. The van der Waals surface area contributed by atoms with Crippen molar-refractivity contribution >= 4 is 18.0 Å². The summed E-state index contributed by atoms with van der Waals surface area (Å²) in [7, 11) is 0. The number of benzene rings is 2. The number of carboxylic acids is 1. The van der Waals surface area contributed by atoms with Gasteiger partial charge in [0, 0.05) is 23.7 Å². The minimum Gasteiger partial charge on any atom is -0.480 e. The third-order valence-corrected chi connectivity index (χ3v) is 6.38. The standard InChI is InChI=1S/C27H25N3O5/c31-25(32)15-30(19-9-10-19)26(33)17-11-12-28-18(13-17)14-29-27(34)35-16-24-22-7-3-1-5-20(22)21-6-2-4-8-23(21)24/h1-8,11-13,19,24H,9-10,14-16H2,(H,29,34)(H,31,32). The number of nitrogens with zero attached hydrogens (tertiary/aromatic N) is 2. The van der Waals surface area contributed by atoms with Crippen LogP contribution in [-0.4, -0.2) is 52.2 Å². The van der Waals surface area contributed by atoms with E-state index >= 15 is 0 Å². The molecule has 2 aromatic carbocycles. The van der Waals surface area contributed by atoms with E-state index in [4.69, 9.17) is 9.84 Å². The van der Waals surface area contributed by atoms with Crippen molar-refractivity contribution in [2.24, 2.45) is 0 Å². The molecule has 5 rings (SSSR count). The highest BCUT2D eigenvalue weighted by Crippen LogP contribution is 2.44. The van der Waals surface area contributed by atoms with Crippen molar-refractivity contribution in [1.29, 1.82) is 0 Å². The maximum absolute atomic E-state index is 12.8. The molecular formula is C27H25N3O5. The van der Waals surface area contributed by atoms with Gasteiger partial charge in [0.25, 0.3) is 5.91 Å². The molecule has 0 bridgehead atoms. The molecule has 2 N–H and O–H groups in total. The molecule has 0 aliphatic heterocycles. The lowest BCUT2D eigenvalue weighted by molar-refractivity contribution is -0.137. The molecule has 0 spiro atoms. The molecule has 2 amide bonds. The third kappa shape index (κ3) is 4.87. The van der Waals surface area contributed by atoms with Gasteiger partial charge in [0.15, 0.2) is 0 Å². The number of fused-ring (bicyclic) bond motifs is 3. The Bertz CT molecular complexity index is 1240. The number of pyridine rings is 1. The van der Waals surface area contributed by atoms with Crippen molar-refractivity contribution in [2.45, 2.75) is 31.3 Å². The van der Waals surface area contributed by atoms with Crippen LogP contribution in [0.5, 0.6) is 0 Å². The van der Waals surface area contributed by atoms with Crippen molar-refractivity contribution in [3.05, 3.63) is 89.2 Å². The van der Waals surface area contributed by atoms with Crippen molar-refractivity contribution in [3.63, 3.8) is 0 Å². The van der Waals surface area contributed by atoms with Gasteiger partial charge in [0.1, 0.15) is 13.2 Å². The number of alkyl carbamates (subject to hydrolysis) is 1. The molecule has 3 aromatic rings. The molecule has 0 radical (unpaired) electrons. The van der Waals surface area contributed by atoms with Crippen LogP contribution < -0.4 is 5.32 Å². The summed E-state index contributed by atoms with van der Waals surface area (Å²) >= 11 is 0. The first-order valence-corrected chi connectivity index (χ1v) is 11.6. The molecule has 2 aliphatic carbocycles. The maximum Gasteiger partial charge on any atom is 0.407 e. The molecule has 0 saturated heterocycles. The molecule has 1 heterocycles. The summed E-state index contributed by atoms with van der Waals surface area (Å²) in [5.74, 6) is -1.42. The fourth-order valence-electron chi connectivity index (χ4n) is 4.58. The average molecular weight is 472 g/mol. The molecule has 8 nitrogen and oxygen atoms in total. The summed E-state index contributed by atoms with van der Waals surface area (Å²) < 4.78 is 5.54. The van der Waals surface area contributed by atoms with E-state index < -0.39 is 12.1 Å². The number of aromatic nitrogens is 1. The molecule has 0 atom stereocenters. The Morgan fingerprint density at radius 1 is 1.00 bits per heavy atom. The summed E-state index contributed by atoms with van der Waals surface area (Å²) in [6.45, 7) is -0.0450. The molecule has 35 heavy (non-hydrogen) atoms. The zero-order valence-corrected chi connectivity index (χ0v) is 19.0. The number of nitrogens with one attached hydrogen (secondary N) is 1. The number of ether oxygens (including phenoxy) is 1. The lowest BCUT2D eigenvalue weighted by atomic mass is 9.98. The SMILES string of the molecule is O=C(O)CN(C(=O)c1ccnc(CNC(=O)OCC2c3ccccc3-c3ccccc32)c1)C1CC1. The largest absolute Gasteiger partial charge is 0.480 e. The minimum atomic E-state index is -1.04. The fourth-order valence-corrected chi connectivity index (χ4v) is 4.58. The smallest absolute Gasteiger partial charge is 0.407 e. The zero-order chi connectivity index (χ0) is 24.4. The molecule has 8 heteroatoms. The first kappa shape index (κ1) is 22.6. The van der Waals surface area contributed by atoms with Crippen LogP contribution in [0.4, 0.5) is 4.79 Å². The number of carbonyl (C=O) groups excluding carboxylic acids is 2. The van der Waals surface area contributed by atoms with Crippen LogP contribution >= 0.6 is 0 Å². The van der Waals surface area contributed by atoms with E-state index in [9.17, 15) is 14.4 Å². The average Bonchev–Trinajstić information content (AvgIpc) is 3.67. The van der Waals surface area contributed by atoms with E-state index in [1.165, 1.54) is 11.1 Å². The summed E-state index contributed by atoms with van der Waals surface area (Å²) in [5.41, 5.74) is 5.41. The van der Waals surface area contributed by atoms with E-state index in [1.54, 1.807) is 12.1 Å². The quantitative estimate of drug-likeness (QED) is 0.517. The number of amides is 2. The molecule has 0 unspecified atom stereocenters. The Balaban J connectivity index is 1.19. The van der Waals surface area contributed by atoms with Crippen LogP contribution in [0.3, 0.4) is 0 Å². The highest BCUT2D eigenvalue weighted by atomic mass is 16.5. The van der Waals surface area contributed by atoms with Gasteiger partial charge in [0.2, 0.25) is 0 Å². The van der Waals surface area contributed by atoms with E-state index in [-0.39, 0.29) is 37.6 Å². The Kier molecular flexibility index (Phi) is 6.18. The first-order valence-electron chi connectivity index (χ1n) is 11.6. The second kappa shape index (κ2) is 9.58. The van der Waals surface area contributed by atoms with Crippen molar-refractivity contribution in [1.82, 2.24) is 15.2 Å². The van der Waals surface area contributed by atoms with E-state index in [0.29, 0.717) is 11.3 Å². The van der Waals surface area contributed by atoms with Gasteiger partial charge in [-0.05, 0) is 47.2 Å². The van der Waals surface area contributed by atoms with Crippen molar-refractivity contribution in [2.75, 3.05) is 13.2 Å². The van der Waals surface area contributed by atoms with Crippen LogP contribution in [0.2, 0.25) is 0 Å². The van der Waals surface area contributed by atoms with Gasteiger partial charge in [-0.3, -0.25) is 14.6 Å². The number of hydrogen-bond acceptors (Lipinski definition) is 5. The number of carboxylic acid groups (broad SMARTS) is 1. The number of carbonyl (C=O) groups is 3. The zero-order valence-electron chi connectivity index (χ0n) is 19.0. The van der Waals surface area contributed by atoms with E-state index in [2.05, 4.69) is 34.6 Å². The highest BCUT2D eigenvalue weighted by Gasteiger charge is 2.34. The van der Waals surface area contributed by atoms with Crippen LogP contribution in [-0.2, 0) is 16.1 Å². The predicted molar refractivity (Wildman–Crippen MR) is 128 cm³/mol. The molecule has 2 aliphatic rings. The number of rotatable bonds is 8. The van der Waals surface area contributed by atoms with Crippen molar-refractivity contribution in [3.8, 4) is 11.1 Å². The predicted octanol–water partition coefficient (Wildman–Crippen LogP) is 3.81. The first-order chi connectivity index (χ1) is 17.0. The Labute approximate surface area is 202 Å². The monoisotopic (exact) mass is 471 g/mol. The van der Waals surface area contributed by atoms with Crippen LogP contribution in [0.25, 0.3) is 11.1 Å². The topological polar surface area (TPSA) is 109 Å². The summed E-state index contributed by atoms with van der Waals surface area (Å²) in [6.07, 6.45) is 2.52. The molecule has 1 saturated carbocycles. The van der Waals surface area contributed by atoms with Gasteiger partial charge in [-0.25, -0.2) is 4.79 Å². The van der Waals surface area contributed by atoms with Crippen LogP contribution in [0.15, 0.2) is 66.9 Å². The minimum absolute atomic E-state index is 0.0325. The van der Waals surface area contributed by atoms with E-state index in [1.807, 2.05) is 24.3 Å². The lowest BCUT2D eigenvalue weighted by Gasteiger charge is -2.20. The van der Waals surface area contributed by atoms with Gasteiger partial charge < -0.3 is 20.1 Å². The molecule has 1 aromatic heterocycles. The second-order valence-corrected chi connectivity index (χ2v) is 8.77. The Morgan fingerprint density at radius 2 is 1.66 bits per heavy atom. The Hall–Kier alpha value is -4.20. The van der Waals surface area contributed by atoms with Crippen LogP contribution in [0, 0.1) is 0 Å². The summed E-state index contributed by atoms with van der Waals surface area (Å²) in [6, 6.07) is 19.3. The molecule has 178 valence electrons. The van der Waals surface area contributed by atoms with Crippen LogP contribution in [0.1, 0.15) is 45.9 Å². The second-order valence-electron chi connectivity index (χ2n) is 8.77.